The molecule has 0 radical (unpaired) electrons. The van der Waals surface area contributed by atoms with E-state index in [9.17, 15) is 4.79 Å². The summed E-state index contributed by atoms with van der Waals surface area (Å²) >= 11 is 1.65. The quantitative estimate of drug-likeness (QED) is 0.617. The molecule has 1 aromatic carbocycles. The van der Waals surface area contributed by atoms with Gasteiger partial charge in [0, 0.05) is 9.75 Å². The summed E-state index contributed by atoms with van der Waals surface area (Å²) in [6.45, 7) is 2.04. The highest BCUT2D eigenvalue weighted by molar-refractivity contribution is 7.12. The van der Waals surface area contributed by atoms with E-state index < -0.39 is 0 Å². The van der Waals surface area contributed by atoms with Crippen LogP contribution in [0.2, 0.25) is 0 Å². The number of rotatable bonds is 5. The molecule has 0 aliphatic rings. The van der Waals surface area contributed by atoms with Crippen molar-refractivity contribution in [3.8, 4) is 11.5 Å². The van der Waals surface area contributed by atoms with Crippen LogP contribution in [0.4, 0.5) is 0 Å². The van der Waals surface area contributed by atoms with Crippen molar-refractivity contribution in [1.29, 1.82) is 0 Å². The van der Waals surface area contributed by atoms with Gasteiger partial charge in [-0.05, 0) is 49.4 Å². The van der Waals surface area contributed by atoms with Crippen LogP contribution in [-0.4, -0.2) is 20.0 Å². The van der Waals surface area contributed by atoms with E-state index in [1.165, 1.54) is 4.88 Å². The number of aryl methyl sites for hydroxylation is 1. The highest BCUT2D eigenvalue weighted by Crippen LogP contribution is 2.25. The SMILES string of the molecule is COc1ccc(OC)c(C(=O)/C=C/c2ccc(C)s2)c1. The first kappa shape index (κ1) is 14.3. The number of ketones is 1. The van der Waals surface area contributed by atoms with Crippen LogP contribution in [0.5, 0.6) is 11.5 Å². The van der Waals surface area contributed by atoms with Gasteiger partial charge in [0.05, 0.1) is 19.8 Å². The minimum absolute atomic E-state index is 0.105. The van der Waals surface area contributed by atoms with Crippen molar-refractivity contribution in [1.82, 2.24) is 0 Å². The fourth-order valence-corrected chi connectivity index (χ4v) is 2.58. The minimum atomic E-state index is -0.105. The monoisotopic (exact) mass is 288 g/mol. The van der Waals surface area contributed by atoms with Crippen molar-refractivity contribution in [2.45, 2.75) is 6.92 Å². The average molecular weight is 288 g/mol. The van der Waals surface area contributed by atoms with Crippen molar-refractivity contribution in [3.05, 3.63) is 51.7 Å². The lowest BCUT2D eigenvalue weighted by molar-refractivity contribution is 0.104. The van der Waals surface area contributed by atoms with Crippen molar-refractivity contribution < 1.29 is 14.3 Å². The van der Waals surface area contributed by atoms with Gasteiger partial charge in [-0.2, -0.15) is 0 Å². The second-order valence-electron chi connectivity index (χ2n) is 4.21. The number of ether oxygens (including phenoxy) is 2. The van der Waals surface area contributed by atoms with Crippen LogP contribution in [0, 0.1) is 6.92 Å². The van der Waals surface area contributed by atoms with Crippen LogP contribution >= 0.6 is 11.3 Å². The summed E-state index contributed by atoms with van der Waals surface area (Å²) in [6.07, 6.45) is 3.38. The van der Waals surface area contributed by atoms with Gasteiger partial charge in [0.25, 0.3) is 0 Å². The van der Waals surface area contributed by atoms with Gasteiger partial charge in [0.1, 0.15) is 11.5 Å². The maximum absolute atomic E-state index is 12.3. The van der Waals surface area contributed by atoms with Crippen LogP contribution in [0.25, 0.3) is 6.08 Å². The molecule has 3 nitrogen and oxygen atoms in total. The Morgan fingerprint density at radius 2 is 1.95 bits per heavy atom. The summed E-state index contributed by atoms with van der Waals surface area (Å²) in [7, 11) is 3.12. The molecule has 1 heterocycles. The largest absolute Gasteiger partial charge is 0.497 e. The second-order valence-corrected chi connectivity index (χ2v) is 5.53. The molecule has 20 heavy (non-hydrogen) atoms. The fourth-order valence-electron chi connectivity index (χ4n) is 1.80. The Morgan fingerprint density at radius 3 is 2.55 bits per heavy atom. The Balaban J connectivity index is 2.26. The first-order chi connectivity index (χ1) is 9.63. The third-order valence-corrected chi connectivity index (χ3v) is 3.80. The molecule has 0 saturated heterocycles. The van der Waals surface area contributed by atoms with Crippen molar-refractivity contribution in [2.75, 3.05) is 14.2 Å². The maximum atomic E-state index is 12.3. The summed E-state index contributed by atoms with van der Waals surface area (Å²) in [5.74, 6) is 1.07. The summed E-state index contributed by atoms with van der Waals surface area (Å²) in [5.41, 5.74) is 0.497. The molecule has 2 rings (SSSR count). The standard InChI is InChI=1S/C16H16O3S/c1-11-4-6-13(20-11)7-8-15(17)14-10-12(18-2)5-9-16(14)19-3/h4-10H,1-3H3/b8-7+. The van der Waals surface area contributed by atoms with Gasteiger partial charge in [-0.15, -0.1) is 11.3 Å². The Morgan fingerprint density at radius 1 is 1.15 bits per heavy atom. The molecular formula is C16H16O3S. The molecule has 0 fully saturated rings. The van der Waals surface area contributed by atoms with Crippen LogP contribution in [0.15, 0.2) is 36.4 Å². The van der Waals surface area contributed by atoms with E-state index in [0.717, 1.165) is 4.88 Å². The van der Waals surface area contributed by atoms with E-state index in [4.69, 9.17) is 9.47 Å². The van der Waals surface area contributed by atoms with Crippen molar-refractivity contribution in [3.63, 3.8) is 0 Å². The molecule has 0 spiro atoms. The average Bonchev–Trinajstić information content (AvgIpc) is 2.89. The summed E-state index contributed by atoms with van der Waals surface area (Å²) in [4.78, 5) is 14.5. The summed E-state index contributed by atoms with van der Waals surface area (Å²) in [5, 5.41) is 0. The molecule has 2 aromatic rings. The highest BCUT2D eigenvalue weighted by atomic mass is 32.1. The molecule has 0 amide bonds. The number of carbonyl (C=O) groups is 1. The van der Waals surface area contributed by atoms with Gasteiger partial charge >= 0.3 is 0 Å². The van der Waals surface area contributed by atoms with Crippen LogP contribution < -0.4 is 9.47 Å². The number of methoxy groups -OCH3 is 2. The van der Waals surface area contributed by atoms with Gasteiger partial charge in [-0.3, -0.25) is 4.79 Å². The lowest BCUT2D eigenvalue weighted by Crippen LogP contribution is -1.99. The number of benzene rings is 1. The highest BCUT2D eigenvalue weighted by Gasteiger charge is 2.11. The minimum Gasteiger partial charge on any atom is -0.497 e. The summed E-state index contributed by atoms with van der Waals surface area (Å²) in [6, 6.07) is 9.20. The molecule has 0 N–H and O–H groups in total. The van der Waals surface area contributed by atoms with E-state index in [0.29, 0.717) is 17.1 Å². The van der Waals surface area contributed by atoms with E-state index in [1.807, 2.05) is 25.1 Å². The first-order valence-electron chi connectivity index (χ1n) is 6.15. The van der Waals surface area contributed by atoms with Gasteiger partial charge in [-0.25, -0.2) is 0 Å². The second kappa shape index (κ2) is 6.39. The Bertz CT molecular complexity index is 641. The Labute approximate surface area is 122 Å². The lowest BCUT2D eigenvalue weighted by atomic mass is 10.1. The van der Waals surface area contributed by atoms with Crippen molar-refractivity contribution >= 4 is 23.2 Å². The van der Waals surface area contributed by atoms with E-state index in [1.54, 1.807) is 49.8 Å². The lowest BCUT2D eigenvalue weighted by Gasteiger charge is -2.07. The molecule has 104 valence electrons. The zero-order chi connectivity index (χ0) is 14.5. The normalized spacial score (nSPS) is 10.8. The molecule has 0 saturated carbocycles. The van der Waals surface area contributed by atoms with Crippen molar-refractivity contribution in [2.24, 2.45) is 0 Å². The smallest absolute Gasteiger partial charge is 0.189 e. The molecule has 4 heteroatoms. The van der Waals surface area contributed by atoms with E-state index in [-0.39, 0.29) is 5.78 Å². The van der Waals surface area contributed by atoms with Crippen LogP contribution in [-0.2, 0) is 0 Å². The zero-order valence-corrected chi connectivity index (χ0v) is 12.5. The van der Waals surface area contributed by atoms with E-state index >= 15 is 0 Å². The van der Waals surface area contributed by atoms with E-state index in [2.05, 4.69) is 0 Å². The fraction of sp³-hybridized carbons (Fsp3) is 0.188. The van der Waals surface area contributed by atoms with Gasteiger partial charge in [0.15, 0.2) is 5.78 Å². The first-order valence-corrected chi connectivity index (χ1v) is 6.96. The number of thiophene rings is 1. The Kier molecular flexibility index (Phi) is 4.58. The predicted octanol–water partition coefficient (Wildman–Crippen LogP) is 3.97. The van der Waals surface area contributed by atoms with Crippen LogP contribution in [0.3, 0.4) is 0 Å². The molecule has 0 unspecified atom stereocenters. The number of carbonyl (C=O) groups excluding carboxylic acids is 1. The van der Waals surface area contributed by atoms with Gasteiger partial charge < -0.3 is 9.47 Å². The number of allylic oxidation sites excluding steroid dienone is 1. The molecule has 0 aliphatic carbocycles. The molecule has 0 aliphatic heterocycles. The Hall–Kier alpha value is -2.07. The third-order valence-electron chi connectivity index (χ3n) is 2.83. The third kappa shape index (κ3) is 3.27. The predicted molar refractivity (Wildman–Crippen MR) is 82.0 cm³/mol. The van der Waals surface area contributed by atoms with Gasteiger partial charge in [0.2, 0.25) is 0 Å². The summed E-state index contributed by atoms with van der Waals surface area (Å²) < 4.78 is 10.4. The molecule has 0 bridgehead atoms. The molecule has 1 aromatic heterocycles. The number of hydrogen-bond donors (Lipinski definition) is 0. The molecule has 0 atom stereocenters. The van der Waals surface area contributed by atoms with Gasteiger partial charge in [-0.1, -0.05) is 0 Å². The number of hydrogen-bond acceptors (Lipinski definition) is 4. The molecular weight excluding hydrogens is 272 g/mol. The zero-order valence-electron chi connectivity index (χ0n) is 11.7. The maximum Gasteiger partial charge on any atom is 0.189 e. The topological polar surface area (TPSA) is 35.5 Å². The van der Waals surface area contributed by atoms with Crippen LogP contribution in [0.1, 0.15) is 20.1 Å².